The summed E-state index contributed by atoms with van der Waals surface area (Å²) in [6, 6.07) is 10.2. The molecule has 0 aliphatic carbocycles. The fourth-order valence-electron chi connectivity index (χ4n) is 1.58. The Hall–Kier alpha value is -1.08. The highest BCUT2D eigenvalue weighted by Crippen LogP contribution is 2.21. The fraction of sp³-hybridized carbons (Fsp3) is 0.167. The lowest BCUT2D eigenvalue weighted by atomic mass is 10.3. The zero-order chi connectivity index (χ0) is 13.9. The second-order valence-corrected chi connectivity index (χ2v) is 7.31. The summed E-state index contributed by atoms with van der Waals surface area (Å²) in [4.78, 5) is 1.32. The van der Waals surface area contributed by atoms with Gasteiger partial charge in [0.25, 0.3) is 0 Å². The number of halogens is 1. The quantitative estimate of drug-likeness (QED) is 0.891. The van der Waals surface area contributed by atoms with Crippen LogP contribution in [-0.2, 0) is 16.4 Å². The molecule has 0 fully saturated rings. The van der Waals surface area contributed by atoms with E-state index in [0.29, 0.717) is 0 Å². The van der Waals surface area contributed by atoms with Crippen LogP contribution in [0.1, 0.15) is 4.88 Å². The second-order valence-electron chi connectivity index (χ2n) is 3.95. The summed E-state index contributed by atoms with van der Waals surface area (Å²) in [5.74, 6) is 0. The van der Waals surface area contributed by atoms with Crippen LogP contribution in [0.3, 0.4) is 0 Å². The molecule has 0 saturated heterocycles. The van der Waals surface area contributed by atoms with Crippen LogP contribution < -0.4 is 10.5 Å². The monoisotopic (exact) mass is 316 g/mol. The van der Waals surface area contributed by atoms with E-state index in [-0.39, 0.29) is 4.90 Å². The van der Waals surface area contributed by atoms with Crippen molar-refractivity contribution in [3.63, 3.8) is 0 Å². The molecule has 0 radical (unpaired) electrons. The molecule has 0 amide bonds. The fourth-order valence-corrected chi connectivity index (χ4v) is 3.18. The van der Waals surface area contributed by atoms with Crippen LogP contribution in [0.5, 0.6) is 0 Å². The van der Waals surface area contributed by atoms with Crippen molar-refractivity contribution in [2.75, 3.05) is 11.9 Å². The van der Waals surface area contributed by atoms with Crippen molar-refractivity contribution in [3.05, 3.63) is 45.6 Å². The minimum Gasteiger partial charge on any atom is -0.385 e. The lowest BCUT2D eigenvalue weighted by Crippen LogP contribution is -2.12. The highest BCUT2D eigenvalue weighted by Gasteiger charge is 2.06. The first-order valence-electron chi connectivity index (χ1n) is 5.56. The van der Waals surface area contributed by atoms with Gasteiger partial charge in [0.05, 0.1) is 9.23 Å². The van der Waals surface area contributed by atoms with Crippen molar-refractivity contribution >= 4 is 38.6 Å². The number of hydrogen-bond donors (Lipinski definition) is 2. The third-order valence-electron chi connectivity index (χ3n) is 2.51. The molecule has 2 aromatic rings. The summed E-state index contributed by atoms with van der Waals surface area (Å²) >= 11 is 7.40. The predicted molar refractivity (Wildman–Crippen MR) is 79.3 cm³/mol. The largest absolute Gasteiger partial charge is 0.385 e. The summed E-state index contributed by atoms with van der Waals surface area (Å²) in [5, 5.41) is 8.23. The van der Waals surface area contributed by atoms with Crippen LogP contribution in [0.4, 0.5) is 5.69 Å². The first-order chi connectivity index (χ1) is 8.95. The van der Waals surface area contributed by atoms with Gasteiger partial charge in [0.1, 0.15) is 0 Å². The lowest BCUT2D eigenvalue weighted by Gasteiger charge is -2.06. The van der Waals surface area contributed by atoms with Crippen LogP contribution in [0.2, 0.25) is 4.34 Å². The van der Waals surface area contributed by atoms with E-state index in [0.717, 1.165) is 23.0 Å². The summed E-state index contributed by atoms with van der Waals surface area (Å²) in [6.07, 6.45) is 0.869. The third kappa shape index (κ3) is 4.21. The smallest absolute Gasteiger partial charge is 0.238 e. The highest BCUT2D eigenvalue weighted by atomic mass is 35.5. The van der Waals surface area contributed by atoms with Gasteiger partial charge < -0.3 is 5.32 Å². The number of primary sulfonamides is 1. The number of rotatable bonds is 5. The van der Waals surface area contributed by atoms with E-state index in [1.165, 1.54) is 17.0 Å². The number of thiophene rings is 1. The molecule has 0 aliphatic rings. The topological polar surface area (TPSA) is 72.2 Å². The van der Waals surface area contributed by atoms with Gasteiger partial charge in [-0.25, -0.2) is 13.6 Å². The van der Waals surface area contributed by atoms with Gasteiger partial charge in [0, 0.05) is 17.1 Å². The predicted octanol–water partition coefficient (Wildman–Crippen LogP) is 2.70. The van der Waals surface area contributed by atoms with Crippen molar-refractivity contribution in [2.24, 2.45) is 5.14 Å². The van der Waals surface area contributed by atoms with E-state index in [2.05, 4.69) is 5.32 Å². The van der Waals surface area contributed by atoms with Crippen LogP contribution in [0.15, 0.2) is 41.3 Å². The van der Waals surface area contributed by atoms with E-state index >= 15 is 0 Å². The number of nitrogens with one attached hydrogen (secondary N) is 1. The Morgan fingerprint density at radius 3 is 2.37 bits per heavy atom. The molecule has 19 heavy (non-hydrogen) atoms. The van der Waals surface area contributed by atoms with E-state index in [1.807, 2.05) is 12.1 Å². The van der Waals surface area contributed by atoms with Gasteiger partial charge in [0.2, 0.25) is 10.0 Å². The number of anilines is 1. The molecule has 0 atom stereocenters. The second kappa shape index (κ2) is 5.92. The maximum absolute atomic E-state index is 11.1. The zero-order valence-electron chi connectivity index (χ0n) is 9.97. The summed E-state index contributed by atoms with van der Waals surface area (Å²) in [5.41, 5.74) is 0.857. The Kier molecular flexibility index (Phi) is 4.46. The van der Waals surface area contributed by atoms with Crippen LogP contribution >= 0.6 is 22.9 Å². The molecule has 1 aromatic carbocycles. The SMILES string of the molecule is NS(=O)(=O)c1ccc(NCCc2ccc(Cl)s2)cc1. The highest BCUT2D eigenvalue weighted by molar-refractivity contribution is 7.89. The van der Waals surface area contributed by atoms with Crippen molar-refractivity contribution in [2.45, 2.75) is 11.3 Å². The molecule has 0 unspecified atom stereocenters. The van der Waals surface area contributed by atoms with Crippen LogP contribution in [0.25, 0.3) is 0 Å². The number of nitrogens with two attached hydrogens (primary N) is 1. The lowest BCUT2D eigenvalue weighted by molar-refractivity contribution is 0.598. The molecule has 7 heteroatoms. The Bertz CT molecular complexity index is 651. The first-order valence-corrected chi connectivity index (χ1v) is 8.30. The third-order valence-corrected chi connectivity index (χ3v) is 4.73. The van der Waals surface area contributed by atoms with Crippen molar-refractivity contribution in [1.82, 2.24) is 0 Å². The standard InChI is InChI=1S/C12H13ClN2O2S2/c13-12-6-3-10(18-12)7-8-15-9-1-4-11(5-2-9)19(14,16)17/h1-6,15H,7-8H2,(H2,14,16,17). The minimum atomic E-state index is -3.62. The van der Waals surface area contributed by atoms with E-state index in [9.17, 15) is 8.42 Å². The van der Waals surface area contributed by atoms with E-state index in [1.54, 1.807) is 23.5 Å². The summed E-state index contributed by atoms with van der Waals surface area (Å²) in [7, 11) is -3.62. The molecule has 0 aliphatic heterocycles. The van der Waals surface area contributed by atoms with E-state index < -0.39 is 10.0 Å². The van der Waals surface area contributed by atoms with E-state index in [4.69, 9.17) is 16.7 Å². The maximum atomic E-state index is 11.1. The summed E-state index contributed by atoms with van der Waals surface area (Å²) in [6.45, 7) is 0.756. The van der Waals surface area contributed by atoms with Crippen molar-refractivity contribution in [3.8, 4) is 0 Å². The number of hydrogen-bond acceptors (Lipinski definition) is 4. The Morgan fingerprint density at radius 2 is 1.84 bits per heavy atom. The average molecular weight is 317 g/mol. The Morgan fingerprint density at radius 1 is 1.16 bits per heavy atom. The Labute approximate surface area is 121 Å². The van der Waals surface area contributed by atoms with Gasteiger partial charge in [-0.05, 0) is 42.8 Å². The summed E-state index contributed by atoms with van der Waals surface area (Å²) < 4.78 is 23.0. The molecule has 1 aromatic heterocycles. The van der Waals surface area contributed by atoms with Crippen molar-refractivity contribution < 1.29 is 8.42 Å². The molecular formula is C12H13ClN2O2S2. The molecule has 0 bridgehead atoms. The molecule has 2 rings (SSSR count). The molecule has 4 nitrogen and oxygen atoms in total. The Balaban J connectivity index is 1.90. The molecule has 0 spiro atoms. The van der Waals surface area contributed by atoms with Gasteiger partial charge in [-0.1, -0.05) is 11.6 Å². The van der Waals surface area contributed by atoms with Crippen LogP contribution in [0, 0.1) is 0 Å². The van der Waals surface area contributed by atoms with Crippen molar-refractivity contribution in [1.29, 1.82) is 0 Å². The maximum Gasteiger partial charge on any atom is 0.238 e. The molecule has 0 saturated carbocycles. The molecule has 3 N–H and O–H groups in total. The minimum absolute atomic E-state index is 0.114. The number of benzene rings is 1. The van der Waals surface area contributed by atoms with Gasteiger partial charge in [-0.3, -0.25) is 0 Å². The average Bonchev–Trinajstić information content (AvgIpc) is 2.75. The zero-order valence-corrected chi connectivity index (χ0v) is 12.4. The molecular weight excluding hydrogens is 304 g/mol. The molecule has 102 valence electrons. The van der Waals surface area contributed by atoms with Crippen LogP contribution in [-0.4, -0.2) is 15.0 Å². The van der Waals surface area contributed by atoms with Gasteiger partial charge in [0.15, 0.2) is 0 Å². The normalized spacial score (nSPS) is 11.5. The molecule has 1 heterocycles. The van der Waals surface area contributed by atoms with Gasteiger partial charge in [-0.15, -0.1) is 11.3 Å². The van der Waals surface area contributed by atoms with Gasteiger partial charge in [-0.2, -0.15) is 0 Å². The number of sulfonamides is 1. The van der Waals surface area contributed by atoms with Gasteiger partial charge >= 0.3 is 0 Å². The first kappa shape index (κ1) is 14.3.